The van der Waals surface area contributed by atoms with Gasteiger partial charge in [0.25, 0.3) is 0 Å². The molecule has 0 aliphatic carbocycles. The predicted octanol–water partition coefficient (Wildman–Crippen LogP) is 2.86. The summed E-state index contributed by atoms with van der Waals surface area (Å²) >= 11 is 0. The standard InChI is InChI=1S/C15H36N3P/c16-10-4-1-7-13-19(14-8-2-5-11-17)15-9-3-6-12-18/h1-18H2. The first-order valence-corrected chi connectivity index (χ1v) is 10.1. The van der Waals surface area contributed by atoms with Gasteiger partial charge in [0, 0.05) is 0 Å². The molecule has 19 heavy (non-hydrogen) atoms. The van der Waals surface area contributed by atoms with Gasteiger partial charge < -0.3 is 17.2 Å². The number of hydrogen-bond acceptors (Lipinski definition) is 3. The summed E-state index contributed by atoms with van der Waals surface area (Å²) in [7, 11) is 0.267. The predicted molar refractivity (Wildman–Crippen MR) is 90.2 cm³/mol. The van der Waals surface area contributed by atoms with E-state index in [0.29, 0.717) is 0 Å². The molecule has 116 valence electrons. The molecule has 0 aromatic heterocycles. The Hall–Kier alpha value is 0.310. The Morgan fingerprint density at radius 3 is 1.00 bits per heavy atom. The zero-order chi connectivity index (χ0) is 14.2. The Balaban J connectivity index is 3.66. The smallest absolute Gasteiger partial charge is 0.00773 e. The van der Waals surface area contributed by atoms with E-state index >= 15 is 0 Å². The third kappa shape index (κ3) is 14.5. The zero-order valence-corrected chi connectivity index (χ0v) is 13.7. The largest absolute Gasteiger partial charge is 0.330 e. The van der Waals surface area contributed by atoms with Crippen molar-refractivity contribution in [3.8, 4) is 0 Å². The lowest BCUT2D eigenvalue weighted by atomic mass is 10.2. The summed E-state index contributed by atoms with van der Waals surface area (Å²) in [5, 5.41) is 0. The summed E-state index contributed by atoms with van der Waals surface area (Å²) in [4.78, 5) is 0. The van der Waals surface area contributed by atoms with E-state index in [1.54, 1.807) is 0 Å². The Morgan fingerprint density at radius 1 is 0.421 bits per heavy atom. The Morgan fingerprint density at radius 2 is 0.737 bits per heavy atom. The van der Waals surface area contributed by atoms with Crippen molar-refractivity contribution in [2.45, 2.75) is 57.8 Å². The van der Waals surface area contributed by atoms with E-state index < -0.39 is 0 Å². The van der Waals surface area contributed by atoms with Crippen LogP contribution in [0.25, 0.3) is 0 Å². The van der Waals surface area contributed by atoms with Gasteiger partial charge in [-0.2, -0.15) is 0 Å². The molecule has 0 radical (unpaired) electrons. The van der Waals surface area contributed by atoms with Crippen molar-refractivity contribution < 1.29 is 0 Å². The summed E-state index contributed by atoms with van der Waals surface area (Å²) in [5.74, 6) is 0. The summed E-state index contributed by atoms with van der Waals surface area (Å²) < 4.78 is 0. The fourth-order valence-electron chi connectivity index (χ4n) is 2.30. The van der Waals surface area contributed by atoms with Crippen LogP contribution in [0, 0.1) is 0 Å². The van der Waals surface area contributed by atoms with E-state index in [0.717, 1.165) is 19.6 Å². The molecule has 0 aromatic rings. The van der Waals surface area contributed by atoms with Crippen LogP contribution >= 0.6 is 7.92 Å². The van der Waals surface area contributed by atoms with Crippen LogP contribution in [0.3, 0.4) is 0 Å². The minimum atomic E-state index is 0.267. The second-order valence-electron chi connectivity index (χ2n) is 5.39. The second-order valence-corrected chi connectivity index (χ2v) is 8.07. The van der Waals surface area contributed by atoms with Gasteiger partial charge in [-0.25, -0.2) is 0 Å². The highest BCUT2D eigenvalue weighted by molar-refractivity contribution is 7.57. The third-order valence-electron chi connectivity index (χ3n) is 3.54. The first-order valence-electron chi connectivity index (χ1n) is 8.17. The Bertz CT molecular complexity index is 139. The molecule has 0 rings (SSSR count). The molecule has 0 atom stereocenters. The molecule has 0 bridgehead atoms. The lowest BCUT2D eigenvalue weighted by Gasteiger charge is -2.17. The van der Waals surface area contributed by atoms with E-state index in [9.17, 15) is 0 Å². The fraction of sp³-hybridized carbons (Fsp3) is 1.00. The van der Waals surface area contributed by atoms with Crippen molar-refractivity contribution in [3.63, 3.8) is 0 Å². The molecule has 0 amide bonds. The molecule has 0 fully saturated rings. The topological polar surface area (TPSA) is 78.1 Å². The molecule has 0 saturated carbocycles. The quantitative estimate of drug-likeness (QED) is 0.320. The molecule has 0 saturated heterocycles. The van der Waals surface area contributed by atoms with Crippen molar-refractivity contribution in [3.05, 3.63) is 0 Å². The molecule has 0 heterocycles. The minimum absolute atomic E-state index is 0.267. The normalized spacial score (nSPS) is 11.4. The van der Waals surface area contributed by atoms with Crippen molar-refractivity contribution in [1.82, 2.24) is 0 Å². The van der Waals surface area contributed by atoms with Crippen LogP contribution < -0.4 is 17.2 Å². The van der Waals surface area contributed by atoms with Gasteiger partial charge in [0.15, 0.2) is 0 Å². The summed E-state index contributed by atoms with van der Waals surface area (Å²) in [5.41, 5.74) is 16.7. The highest BCUT2D eigenvalue weighted by atomic mass is 31.1. The SMILES string of the molecule is NCCCCCP(CCCCCN)CCCCCN. The van der Waals surface area contributed by atoms with Crippen molar-refractivity contribution in [2.75, 3.05) is 38.1 Å². The van der Waals surface area contributed by atoms with Gasteiger partial charge in [-0.3, -0.25) is 0 Å². The Labute approximate surface area is 121 Å². The van der Waals surface area contributed by atoms with Gasteiger partial charge >= 0.3 is 0 Å². The van der Waals surface area contributed by atoms with Crippen LogP contribution in [0.4, 0.5) is 0 Å². The third-order valence-corrected chi connectivity index (χ3v) is 6.38. The number of rotatable bonds is 15. The summed E-state index contributed by atoms with van der Waals surface area (Å²) in [6.07, 6.45) is 16.1. The van der Waals surface area contributed by atoms with Crippen molar-refractivity contribution in [1.29, 1.82) is 0 Å². The van der Waals surface area contributed by atoms with E-state index in [1.165, 1.54) is 76.3 Å². The maximum atomic E-state index is 5.55. The molecule has 4 heteroatoms. The molecule has 0 aromatic carbocycles. The average Bonchev–Trinajstić information content (AvgIpc) is 2.43. The number of nitrogens with two attached hydrogens (primary N) is 3. The van der Waals surface area contributed by atoms with Gasteiger partial charge in [0.05, 0.1) is 0 Å². The van der Waals surface area contributed by atoms with Gasteiger partial charge in [0.1, 0.15) is 0 Å². The van der Waals surface area contributed by atoms with Crippen molar-refractivity contribution >= 4 is 7.92 Å². The zero-order valence-electron chi connectivity index (χ0n) is 12.8. The molecular weight excluding hydrogens is 253 g/mol. The minimum Gasteiger partial charge on any atom is -0.330 e. The lowest BCUT2D eigenvalue weighted by molar-refractivity contribution is 0.710. The average molecular weight is 289 g/mol. The molecular formula is C15H36N3P. The van der Waals surface area contributed by atoms with Gasteiger partial charge in [-0.1, -0.05) is 19.3 Å². The fourth-order valence-corrected chi connectivity index (χ4v) is 4.99. The van der Waals surface area contributed by atoms with Gasteiger partial charge in [-0.05, 0) is 76.6 Å². The highest BCUT2D eigenvalue weighted by Crippen LogP contribution is 2.39. The molecule has 6 N–H and O–H groups in total. The van der Waals surface area contributed by atoms with E-state index in [-0.39, 0.29) is 7.92 Å². The van der Waals surface area contributed by atoms with Gasteiger partial charge in [-0.15, -0.1) is 7.92 Å². The maximum Gasteiger partial charge on any atom is -0.00773 e. The first kappa shape index (κ1) is 19.3. The maximum absolute atomic E-state index is 5.55. The lowest BCUT2D eigenvalue weighted by Crippen LogP contribution is -2.02. The van der Waals surface area contributed by atoms with Crippen LogP contribution in [0.1, 0.15) is 57.8 Å². The van der Waals surface area contributed by atoms with Crippen molar-refractivity contribution in [2.24, 2.45) is 17.2 Å². The molecule has 0 aliphatic rings. The molecule has 0 aliphatic heterocycles. The molecule has 0 unspecified atom stereocenters. The molecule has 0 spiro atoms. The second kappa shape index (κ2) is 16.4. The number of unbranched alkanes of at least 4 members (excludes halogenated alkanes) is 6. The van der Waals surface area contributed by atoms with E-state index in [2.05, 4.69) is 0 Å². The summed E-state index contributed by atoms with van der Waals surface area (Å²) in [6.45, 7) is 2.56. The first-order chi connectivity index (χ1) is 9.35. The molecule has 3 nitrogen and oxygen atoms in total. The van der Waals surface area contributed by atoms with Gasteiger partial charge in [0.2, 0.25) is 0 Å². The summed E-state index contributed by atoms with van der Waals surface area (Å²) in [6, 6.07) is 0. The van der Waals surface area contributed by atoms with Crippen LogP contribution in [0.2, 0.25) is 0 Å². The van der Waals surface area contributed by atoms with Crippen LogP contribution in [-0.4, -0.2) is 38.1 Å². The van der Waals surface area contributed by atoms with Crippen LogP contribution in [-0.2, 0) is 0 Å². The van der Waals surface area contributed by atoms with Crippen LogP contribution in [0.5, 0.6) is 0 Å². The monoisotopic (exact) mass is 289 g/mol. The number of hydrogen-bond donors (Lipinski definition) is 3. The van der Waals surface area contributed by atoms with E-state index in [1.807, 2.05) is 0 Å². The van der Waals surface area contributed by atoms with Crippen LogP contribution in [0.15, 0.2) is 0 Å². The highest BCUT2D eigenvalue weighted by Gasteiger charge is 2.07. The van der Waals surface area contributed by atoms with E-state index in [4.69, 9.17) is 17.2 Å². The Kier molecular flexibility index (Phi) is 16.6.